The molecule has 0 spiro atoms. The zero-order valence-electron chi connectivity index (χ0n) is 17.7. The Morgan fingerprint density at radius 1 is 0.971 bits per heavy atom. The molecule has 1 aliphatic rings. The lowest BCUT2D eigenvalue weighted by Crippen LogP contribution is -2.25. The predicted octanol–water partition coefficient (Wildman–Crippen LogP) is 7.18. The van der Waals surface area contributed by atoms with Crippen molar-refractivity contribution in [3.63, 3.8) is 0 Å². The van der Waals surface area contributed by atoms with Gasteiger partial charge in [0.1, 0.15) is 18.0 Å². The first kappa shape index (κ1) is 24.9. The zero-order chi connectivity index (χ0) is 25.4. The van der Waals surface area contributed by atoms with E-state index in [1.54, 1.807) is 42.5 Å². The van der Waals surface area contributed by atoms with Gasteiger partial charge in [0.25, 0.3) is 5.91 Å². The van der Waals surface area contributed by atoms with Crippen LogP contribution in [0.3, 0.4) is 0 Å². The highest BCUT2D eigenvalue weighted by Gasteiger charge is 2.37. The Bertz CT molecular complexity index is 1380. The molecule has 0 aliphatic carbocycles. The van der Waals surface area contributed by atoms with Gasteiger partial charge >= 0.3 is 0 Å². The molecule has 0 radical (unpaired) electrons. The maximum Gasteiger partial charge on any atom is 0.280 e. The summed E-state index contributed by atoms with van der Waals surface area (Å²) in [6, 6.07) is 11.9. The monoisotopic (exact) mass is 570 g/mol. The molecule has 1 heterocycles. The van der Waals surface area contributed by atoms with Crippen molar-refractivity contribution in [2.75, 3.05) is 5.01 Å². The van der Waals surface area contributed by atoms with Gasteiger partial charge in [0.15, 0.2) is 23.3 Å². The van der Waals surface area contributed by atoms with Crippen molar-refractivity contribution in [1.82, 2.24) is 0 Å². The SMILES string of the molecule is CC1=NN(c2c(F)c(F)c(F)c(F)c2F)C(=O)/C1=C/c1cc(Br)ccc1OCc1ccc(Cl)cc1. The standard InChI is InChI=1S/C24H13BrClF5N2O2/c1-11-16(24(34)33(32-11)23-21(30)19(28)18(27)20(29)22(23)31)9-13-8-14(25)4-7-17(13)35-10-12-2-5-15(26)6-3-12/h2-9H,10H2,1H3/b16-9+. The van der Waals surface area contributed by atoms with Gasteiger partial charge < -0.3 is 4.74 Å². The lowest BCUT2D eigenvalue weighted by Gasteiger charge is -2.15. The smallest absolute Gasteiger partial charge is 0.280 e. The average molecular weight is 572 g/mol. The molecular formula is C24H13BrClF5N2O2. The normalized spacial score (nSPS) is 14.6. The number of hydrazone groups is 1. The summed E-state index contributed by atoms with van der Waals surface area (Å²) in [4.78, 5) is 12.9. The number of rotatable bonds is 5. The van der Waals surface area contributed by atoms with Crippen LogP contribution in [0.25, 0.3) is 6.08 Å². The van der Waals surface area contributed by atoms with E-state index < -0.39 is 40.7 Å². The van der Waals surface area contributed by atoms with Crippen LogP contribution in [0, 0.1) is 29.1 Å². The molecule has 0 fully saturated rings. The summed E-state index contributed by atoms with van der Waals surface area (Å²) in [7, 11) is 0. The maximum atomic E-state index is 14.3. The van der Waals surface area contributed by atoms with Gasteiger partial charge in [0.2, 0.25) is 5.82 Å². The van der Waals surface area contributed by atoms with Crippen molar-refractivity contribution in [3.8, 4) is 5.75 Å². The lowest BCUT2D eigenvalue weighted by molar-refractivity contribution is -0.114. The Kier molecular flexibility index (Phi) is 6.95. The van der Waals surface area contributed by atoms with Crippen molar-refractivity contribution in [2.45, 2.75) is 13.5 Å². The molecule has 180 valence electrons. The largest absolute Gasteiger partial charge is 0.488 e. The average Bonchev–Trinajstić information content (AvgIpc) is 3.10. The third kappa shape index (κ3) is 4.81. The summed E-state index contributed by atoms with van der Waals surface area (Å²) >= 11 is 9.21. The Morgan fingerprint density at radius 3 is 2.20 bits per heavy atom. The van der Waals surface area contributed by atoms with Crippen LogP contribution in [-0.2, 0) is 11.4 Å². The Morgan fingerprint density at radius 2 is 1.57 bits per heavy atom. The Labute approximate surface area is 209 Å². The molecule has 4 rings (SSSR count). The van der Waals surface area contributed by atoms with Crippen LogP contribution in [0.2, 0.25) is 5.02 Å². The molecule has 1 aliphatic heterocycles. The van der Waals surface area contributed by atoms with Crippen LogP contribution in [0.5, 0.6) is 5.75 Å². The number of halogens is 7. The number of hydrogen-bond acceptors (Lipinski definition) is 3. The summed E-state index contributed by atoms with van der Waals surface area (Å²) < 4.78 is 75.8. The van der Waals surface area contributed by atoms with Crippen molar-refractivity contribution in [1.29, 1.82) is 0 Å². The van der Waals surface area contributed by atoms with E-state index in [2.05, 4.69) is 21.0 Å². The molecular weight excluding hydrogens is 559 g/mol. The first-order chi connectivity index (χ1) is 16.6. The minimum Gasteiger partial charge on any atom is -0.488 e. The number of benzene rings is 3. The second kappa shape index (κ2) is 9.79. The molecule has 0 N–H and O–H groups in total. The fourth-order valence-corrected chi connectivity index (χ4v) is 3.78. The van der Waals surface area contributed by atoms with Crippen molar-refractivity contribution in [3.05, 3.63) is 97.7 Å². The summed E-state index contributed by atoms with van der Waals surface area (Å²) in [5.41, 5.74) is -0.345. The van der Waals surface area contributed by atoms with E-state index in [1.807, 2.05) is 0 Å². The lowest BCUT2D eigenvalue weighted by atomic mass is 10.1. The molecule has 3 aromatic carbocycles. The van der Waals surface area contributed by atoms with Gasteiger partial charge in [-0.2, -0.15) is 10.1 Å². The molecule has 0 bridgehead atoms. The second-order valence-corrected chi connectivity index (χ2v) is 8.73. The highest BCUT2D eigenvalue weighted by atomic mass is 79.9. The number of carbonyl (C=O) groups is 1. The van der Waals surface area contributed by atoms with Crippen molar-refractivity contribution in [2.24, 2.45) is 5.10 Å². The molecule has 0 aromatic heterocycles. The van der Waals surface area contributed by atoms with Crippen molar-refractivity contribution < 1.29 is 31.5 Å². The van der Waals surface area contributed by atoms with E-state index >= 15 is 0 Å². The van der Waals surface area contributed by atoms with E-state index in [4.69, 9.17) is 16.3 Å². The molecule has 0 unspecified atom stereocenters. The van der Waals surface area contributed by atoms with Gasteiger partial charge in [-0.25, -0.2) is 22.0 Å². The van der Waals surface area contributed by atoms with E-state index in [-0.39, 0.29) is 22.9 Å². The molecule has 0 saturated heterocycles. The van der Waals surface area contributed by atoms with Gasteiger partial charge in [0.05, 0.1) is 11.3 Å². The van der Waals surface area contributed by atoms with Crippen LogP contribution in [0.4, 0.5) is 27.6 Å². The quantitative estimate of drug-likeness (QED) is 0.141. The molecule has 0 saturated carbocycles. The van der Waals surface area contributed by atoms with Crippen LogP contribution in [-0.4, -0.2) is 11.6 Å². The zero-order valence-corrected chi connectivity index (χ0v) is 20.0. The van der Waals surface area contributed by atoms with Gasteiger partial charge in [-0.1, -0.05) is 39.7 Å². The molecule has 4 nitrogen and oxygen atoms in total. The minimum absolute atomic E-state index is 0.00238. The van der Waals surface area contributed by atoms with Gasteiger partial charge in [-0.15, -0.1) is 0 Å². The van der Waals surface area contributed by atoms with Gasteiger partial charge in [-0.3, -0.25) is 4.79 Å². The maximum absolute atomic E-state index is 14.3. The minimum atomic E-state index is -2.33. The number of hydrogen-bond donors (Lipinski definition) is 0. The van der Waals surface area contributed by atoms with E-state index in [1.165, 1.54) is 13.0 Å². The van der Waals surface area contributed by atoms with Crippen LogP contribution in [0.15, 0.2) is 57.6 Å². The van der Waals surface area contributed by atoms with Crippen molar-refractivity contribution >= 4 is 50.9 Å². The molecule has 0 atom stereocenters. The van der Waals surface area contributed by atoms with Crippen LogP contribution < -0.4 is 9.75 Å². The highest BCUT2D eigenvalue weighted by molar-refractivity contribution is 9.10. The Balaban J connectivity index is 1.69. The first-order valence-electron chi connectivity index (χ1n) is 9.88. The molecule has 11 heteroatoms. The first-order valence-corrected chi connectivity index (χ1v) is 11.1. The number of ether oxygens (including phenoxy) is 1. The Hall–Kier alpha value is -3.24. The summed E-state index contributed by atoms with van der Waals surface area (Å²) in [5, 5.41) is 4.46. The summed E-state index contributed by atoms with van der Waals surface area (Å²) in [5.74, 6) is -11.7. The molecule has 3 aromatic rings. The number of amides is 1. The molecule has 35 heavy (non-hydrogen) atoms. The van der Waals surface area contributed by atoms with E-state index in [0.717, 1.165) is 5.56 Å². The molecule has 1 amide bonds. The van der Waals surface area contributed by atoms with Crippen LogP contribution in [0.1, 0.15) is 18.1 Å². The van der Waals surface area contributed by atoms with E-state index in [0.29, 0.717) is 20.8 Å². The number of nitrogens with zero attached hydrogens (tertiary/aromatic N) is 2. The second-order valence-electron chi connectivity index (χ2n) is 7.38. The van der Waals surface area contributed by atoms with Gasteiger partial charge in [0, 0.05) is 15.1 Å². The summed E-state index contributed by atoms with van der Waals surface area (Å²) in [6.07, 6.45) is 1.36. The van der Waals surface area contributed by atoms with E-state index in [9.17, 15) is 26.7 Å². The highest BCUT2D eigenvalue weighted by Crippen LogP contribution is 2.35. The third-order valence-corrected chi connectivity index (χ3v) is 5.79. The fourth-order valence-electron chi connectivity index (χ4n) is 3.28. The topological polar surface area (TPSA) is 41.9 Å². The third-order valence-electron chi connectivity index (χ3n) is 5.04. The summed E-state index contributed by atoms with van der Waals surface area (Å²) in [6.45, 7) is 1.54. The van der Waals surface area contributed by atoms with Crippen LogP contribution >= 0.6 is 27.5 Å². The predicted molar refractivity (Wildman–Crippen MR) is 125 cm³/mol. The number of carbonyl (C=O) groups excluding carboxylic acids is 1. The number of anilines is 1. The van der Waals surface area contributed by atoms with Gasteiger partial charge in [-0.05, 0) is 48.9 Å². The fraction of sp³-hybridized carbons (Fsp3) is 0.0833.